The lowest BCUT2D eigenvalue weighted by atomic mass is 10.0. The van der Waals surface area contributed by atoms with E-state index in [0.29, 0.717) is 12.0 Å². The molecule has 0 saturated carbocycles. The number of nitro benzene ring substituents is 1. The Balaban J connectivity index is 3.04. The summed E-state index contributed by atoms with van der Waals surface area (Å²) in [5.41, 5.74) is 0.140. The molecule has 98 valence electrons. The topological polar surface area (TPSA) is 60.2 Å². The van der Waals surface area contributed by atoms with E-state index in [1.165, 1.54) is 12.1 Å². The van der Waals surface area contributed by atoms with Crippen LogP contribution in [0.5, 0.6) is 0 Å². The second-order valence-corrected chi connectivity index (χ2v) is 5.28. The number of Topliss-reactive ketones (excluding diaryl/α,β-unsaturated/α-hetero) is 1. The number of hydrogen-bond donors (Lipinski definition) is 0. The first-order valence-electron chi connectivity index (χ1n) is 5.45. The predicted molar refractivity (Wildman–Crippen MR) is 71.3 cm³/mol. The molecule has 0 bridgehead atoms. The van der Waals surface area contributed by atoms with E-state index in [4.69, 9.17) is 23.2 Å². The van der Waals surface area contributed by atoms with Gasteiger partial charge in [0.25, 0.3) is 5.69 Å². The minimum atomic E-state index is -0.555. The first-order valence-corrected chi connectivity index (χ1v) is 6.21. The molecule has 0 unspecified atom stereocenters. The lowest BCUT2D eigenvalue weighted by Crippen LogP contribution is -2.08. The van der Waals surface area contributed by atoms with Crippen molar-refractivity contribution < 1.29 is 9.72 Å². The summed E-state index contributed by atoms with van der Waals surface area (Å²) in [4.78, 5) is 22.0. The summed E-state index contributed by atoms with van der Waals surface area (Å²) in [6.45, 7) is 3.84. The minimum absolute atomic E-state index is 0.00534. The van der Waals surface area contributed by atoms with E-state index in [1.807, 2.05) is 13.8 Å². The zero-order valence-corrected chi connectivity index (χ0v) is 11.6. The largest absolute Gasteiger partial charge is 0.299 e. The van der Waals surface area contributed by atoms with Gasteiger partial charge in [0, 0.05) is 24.5 Å². The third kappa shape index (κ3) is 3.96. The molecular formula is C12H13Cl2NO3. The van der Waals surface area contributed by atoms with Gasteiger partial charge in [-0.1, -0.05) is 37.0 Å². The van der Waals surface area contributed by atoms with Crippen molar-refractivity contribution in [3.63, 3.8) is 0 Å². The second kappa shape index (κ2) is 6.16. The van der Waals surface area contributed by atoms with Gasteiger partial charge in [-0.3, -0.25) is 14.9 Å². The molecule has 0 heterocycles. The average Bonchev–Trinajstić information content (AvgIpc) is 2.21. The molecule has 1 aromatic rings. The molecule has 0 atom stereocenters. The molecule has 18 heavy (non-hydrogen) atoms. The molecule has 1 rings (SSSR count). The molecule has 0 aromatic heterocycles. The van der Waals surface area contributed by atoms with Crippen molar-refractivity contribution >= 4 is 34.7 Å². The molecule has 0 N–H and O–H groups in total. The monoisotopic (exact) mass is 289 g/mol. The molecule has 0 aliphatic rings. The number of carbonyl (C=O) groups excluding carboxylic acids is 1. The van der Waals surface area contributed by atoms with Crippen LogP contribution in [0.15, 0.2) is 12.1 Å². The van der Waals surface area contributed by atoms with Crippen LogP contribution in [-0.4, -0.2) is 10.7 Å². The van der Waals surface area contributed by atoms with Crippen LogP contribution in [0, 0.1) is 16.0 Å². The lowest BCUT2D eigenvalue weighted by molar-refractivity contribution is -0.385. The van der Waals surface area contributed by atoms with Gasteiger partial charge in [0.1, 0.15) is 5.78 Å². The Morgan fingerprint density at radius 2 is 1.89 bits per heavy atom. The normalized spacial score (nSPS) is 10.7. The number of rotatable bonds is 5. The van der Waals surface area contributed by atoms with Crippen molar-refractivity contribution in [3.8, 4) is 0 Å². The average molecular weight is 290 g/mol. The standard InChI is InChI=1S/C12H13Cl2NO3/c1-7(2)3-9(16)4-8-5-10(13)11(14)6-12(8)15(17)18/h5-7H,3-4H2,1-2H3. The van der Waals surface area contributed by atoms with Crippen LogP contribution in [-0.2, 0) is 11.2 Å². The zero-order valence-electron chi connectivity index (χ0n) is 10.1. The number of carbonyl (C=O) groups is 1. The molecule has 6 heteroatoms. The van der Waals surface area contributed by atoms with E-state index in [0.717, 1.165) is 0 Å². The highest BCUT2D eigenvalue weighted by Gasteiger charge is 2.19. The van der Waals surface area contributed by atoms with E-state index in [-0.39, 0.29) is 33.9 Å². The third-order valence-electron chi connectivity index (χ3n) is 2.34. The SMILES string of the molecule is CC(C)CC(=O)Cc1cc(Cl)c(Cl)cc1[N+](=O)[O-]. The molecule has 0 aliphatic carbocycles. The maximum absolute atomic E-state index is 11.7. The quantitative estimate of drug-likeness (QED) is 0.607. The Bertz CT molecular complexity index is 486. The molecule has 1 aromatic carbocycles. The Morgan fingerprint density at radius 3 is 2.39 bits per heavy atom. The third-order valence-corrected chi connectivity index (χ3v) is 3.06. The Hall–Kier alpha value is -1.13. The van der Waals surface area contributed by atoms with Crippen LogP contribution in [0.2, 0.25) is 10.0 Å². The summed E-state index contributed by atoms with van der Waals surface area (Å²) < 4.78 is 0. The van der Waals surface area contributed by atoms with Gasteiger partial charge in [0.15, 0.2) is 0 Å². The number of nitro groups is 1. The Labute approximate surface area is 115 Å². The van der Waals surface area contributed by atoms with Crippen LogP contribution >= 0.6 is 23.2 Å². The summed E-state index contributed by atoms with van der Waals surface area (Å²) in [6, 6.07) is 2.57. The van der Waals surface area contributed by atoms with Crippen molar-refractivity contribution in [2.45, 2.75) is 26.7 Å². The molecule has 0 saturated heterocycles. The highest BCUT2D eigenvalue weighted by molar-refractivity contribution is 6.42. The van der Waals surface area contributed by atoms with E-state index in [2.05, 4.69) is 0 Å². The van der Waals surface area contributed by atoms with Crippen molar-refractivity contribution in [3.05, 3.63) is 37.9 Å². The van der Waals surface area contributed by atoms with Gasteiger partial charge < -0.3 is 0 Å². The minimum Gasteiger partial charge on any atom is -0.299 e. The van der Waals surface area contributed by atoms with E-state index < -0.39 is 4.92 Å². The maximum atomic E-state index is 11.7. The second-order valence-electron chi connectivity index (χ2n) is 4.47. The number of halogens is 2. The van der Waals surface area contributed by atoms with Gasteiger partial charge in [0.05, 0.1) is 15.0 Å². The molecule has 0 spiro atoms. The van der Waals surface area contributed by atoms with Gasteiger partial charge in [-0.2, -0.15) is 0 Å². The summed E-state index contributed by atoms with van der Waals surface area (Å²) in [6.07, 6.45) is 0.392. The molecule has 0 radical (unpaired) electrons. The summed E-state index contributed by atoms with van der Waals surface area (Å²) in [7, 11) is 0. The van der Waals surface area contributed by atoms with Crippen LogP contribution in [0.25, 0.3) is 0 Å². The summed E-state index contributed by atoms with van der Waals surface area (Å²) >= 11 is 11.5. The van der Waals surface area contributed by atoms with Gasteiger partial charge >= 0.3 is 0 Å². The number of hydrogen-bond acceptors (Lipinski definition) is 3. The Kier molecular flexibility index (Phi) is 5.11. The van der Waals surface area contributed by atoms with Crippen molar-refractivity contribution in [2.24, 2.45) is 5.92 Å². The zero-order chi connectivity index (χ0) is 13.9. The molecule has 4 nitrogen and oxygen atoms in total. The van der Waals surface area contributed by atoms with E-state index in [9.17, 15) is 14.9 Å². The highest BCUT2D eigenvalue weighted by atomic mass is 35.5. The van der Waals surface area contributed by atoms with Crippen LogP contribution in [0.4, 0.5) is 5.69 Å². The molecule has 0 fully saturated rings. The predicted octanol–water partition coefficient (Wildman–Crippen LogP) is 4.06. The molecule has 0 amide bonds. The van der Waals surface area contributed by atoms with Crippen LogP contribution in [0.1, 0.15) is 25.8 Å². The highest BCUT2D eigenvalue weighted by Crippen LogP contribution is 2.31. The first-order chi connectivity index (χ1) is 8.31. The number of ketones is 1. The Morgan fingerprint density at radius 1 is 1.33 bits per heavy atom. The van der Waals surface area contributed by atoms with Gasteiger partial charge in [-0.25, -0.2) is 0 Å². The fourth-order valence-electron chi connectivity index (χ4n) is 1.63. The number of nitrogens with zero attached hydrogens (tertiary/aromatic N) is 1. The van der Waals surface area contributed by atoms with Crippen LogP contribution in [0.3, 0.4) is 0 Å². The summed E-state index contributed by atoms with van der Waals surface area (Å²) in [5.74, 6) is 0.172. The van der Waals surface area contributed by atoms with Crippen LogP contribution < -0.4 is 0 Å². The molecule has 0 aliphatic heterocycles. The van der Waals surface area contributed by atoms with Crippen molar-refractivity contribution in [1.82, 2.24) is 0 Å². The first kappa shape index (κ1) is 14.9. The van der Waals surface area contributed by atoms with E-state index in [1.54, 1.807) is 0 Å². The molecular weight excluding hydrogens is 277 g/mol. The fraction of sp³-hybridized carbons (Fsp3) is 0.417. The number of benzene rings is 1. The van der Waals surface area contributed by atoms with Gasteiger partial charge in [-0.05, 0) is 12.0 Å². The van der Waals surface area contributed by atoms with Crippen molar-refractivity contribution in [1.29, 1.82) is 0 Å². The van der Waals surface area contributed by atoms with Gasteiger partial charge in [0.2, 0.25) is 0 Å². The van der Waals surface area contributed by atoms with Gasteiger partial charge in [-0.15, -0.1) is 0 Å². The smallest absolute Gasteiger partial charge is 0.274 e. The maximum Gasteiger partial charge on any atom is 0.274 e. The lowest BCUT2D eigenvalue weighted by Gasteiger charge is -2.06. The van der Waals surface area contributed by atoms with E-state index >= 15 is 0 Å². The summed E-state index contributed by atoms with van der Waals surface area (Å²) in [5, 5.41) is 11.2. The van der Waals surface area contributed by atoms with Crippen molar-refractivity contribution in [2.75, 3.05) is 0 Å². The fourth-order valence-corrected chi connectivity index (χ4v) is 1.97.